The Hall–Kier alpha value is -1.58. The molecule has 0 aliphatic rings. The zero-order valence-electron chi connectivity index (χ0n) is 8.63. The molecule has 1 aromatic heterocycles. The average Bonchev–Trinajstić information content (AvgIpc) is 2.11. The largest absolute Gasteiger partial charge is 0.462 e. The predicted octanol–water partition coefficient (Wildman–Crippen LogP) is 1.46. The van der Waals surface area contributed by atoms with Gasteiger partial charge in [-0.3, -0.25) is 0 Å². The number of hydrogen-bond donors (Lipinski definition) is 1. The van der Waals surface area contributed by atoms with Crippen LogP contribution in [0, 0.1) is 13.8 Å². The fourth-order valence-electron chi connectivity index (χ4n) is 1.14. The van der Waals surface area contributed by atoms with E-state index in [1.54, 1.807) is 19.9 Å². The number of hydrogen-bond acceptors (Lipinski definition) is 4. The number of nitrogens with zero attached hydrogens (tertiary/aromatic N) is 1. The van der Waals surface area contributed by atoms with E-state index in [1.807, 2.05) is 6.92 Å². The molecule has 0 unspecified atom stereocenters. The van der Waals surface area contributed by atoms with Crippen LogP contribution in [0.2, 0.25) is 0 Å². The maximum absolute atomic E-state index is 11.4. The molecule has 0 saturated carbocycles. The molecule has 4 heteroatoms. The summed E-state index contributed by atoms with van der Waals surface area (Å²) in [5.41, 5.74) is 7.48. The first-order valence-electron chi connectivity index (χ1n) is 4.47. The van der Waals surface area contributed by atoms with Gasteiger partial charge in [0, 0.05) is 0 Å². The molecule has 0 aliphatic carbocycles. The van der Waals surface area contributed by atoms with Gasteiger partial charge in [-0.2, -0.15) is 0 Å². The first-order valence-corrected chi connectivity index (χ1v) is 4.47. The molecule has 0 aliphatic heterocycles. The van der Waals surface area contributed by atoms with Crippen molar-refractivity contribution in [3.63, 3.8) is 0 Å². The zero-order valence-corrected chi connectivity index (χ0v) is 8.63. The van der Waals surface area contributed by atoms with Gasteiger partial charge in [-0.25, -0.2) is 9.78 Å². The topological polar surface area (TPSA) is 65.2 Å². The molecular weight excluding hydrogens is 180 g/mol. The SMILES string of the molecule is CCOC(=O)c1cc(C)c(N)nc1C. The van der Waals surface area contributed by atoms with E-state index in [1.165, 1.54) is 0 Å². The summed E-state index contributed by atoms with van der Waals surface area (Å²) in [4.78, 5) is 15.5. The van der Waals surface area contributed by atoms with E-state index in [4.69, 9.17) is 10.5 Å². The van der Waals surface area contributed by atoms with Crippen molar-refractivity contribution in [3.8, 4) is 0 Å². The molecule has 1 rings (SSSR count). The molecule has 14 heavy (non-hydrogen) atoms. The number of anilines is 1. The number of carbonyl (C=O) groups excluding carboxylic acids is 1. The van der Waals surface area contributed by atoms with E-state index < -0.39 is 0 Å². The van der Waals surface area contributed by atoms with Crippen LogP contribution in [0.4, 0.5) is 5.82 Å². The minimum absolute atomic E-state index is 0.347. The summed E-state index contributed by atoms with van der Waals surface area (Å²) < 4.78 is 4.88. The molecule has 76 valence electrons. The Morgan fingerprint density at radius 2 is 2.21 bits per heavy atom. The number of nitrogens with two attached hydrogens (primary N) is 1. The summed E-state index contributed by atoms with van der Waals surface area (Å²) in [6, 6.07) is 1.70. The monoisotopic (exact) mass is 194 g/mol. The van der Waals surface area contributed by atoms with Crippen LogP contribution in [-0.2, 0) is 4.74 Å². The summed E-state index contributed by atoms with van der Waals surface area (Å²) >= 11 is 0. The number of ether oxygens (including phenoxy) is 1. The predicted molar refractivity (Wildman–Crippen MR) is 54.1 cm³/mol. The molecule has 2 N–H and O–H groups in total. The fraction of sp³-hybridized carbons (Fsp3) is 0.400. The van der Waals surface area contributed by atoms with E-state index in [0.717, 1.165) is 5.56 Å². The van der Waals surface area contributed by atoms with Gasteiger partial charge in [0.2, 0.25) is 0 Å². The molecule has 1 heterocycles. The lowest BCUT2D eigenvalue weighted by Crippen LogP contribution is -2.09. The molecule has 0 saturated heterocycles. The van der Waals surface area contributed by atoms with Crippen LogP contribution in [0.3, 0.4) is 0 Å². The highest BCUT2D eigenvalue weighted by atomic mass is 16.5. The number of pyridine rings is 1. The number of aromatic nitrogens is 1. The Labute approximate surface area is 83.1 Å². The molecule has 1 aromatic rings. The molecule has 4 nitrogen and oxygen atoms in total. The van der Waals surface area contributed by atoms with Crippen molar-refractivity contribution in [2.24, 2.45) is 0 Å². The van der Waals surface area contributed by atoms with Gasteiger partial charge in [-0.1, -0.05) is 0 Å². The van der Waals surface area contributed by atoms with Gasteiger partial charge in [0.25, 0.3) is 0 Å². The van der Waals surface area contributed by atoms with Gasteiger partial charge in [-0.15, -0.1) is 0 Å². The summed E-state index contributed by atoms with van der Waals surface area (Å²) in [6.07, 6.45) is 0. The highest BCUT2D eigenvalue weighted by molar-refractivity contribution is 5.91. The van der Waals surface area contributed by atoms with E-state index in [0.29, 0.717) is 23.7 Å². The van der Waals surface area contributed by atoms with E-state index >= 15 is 0 Å². The van der Waals surface area contributed by atoms with Crippen LogP contribution in [0.25, 0.3) is 0 Å². The second-order valence-electron chi connectivity index (χ2n) is 3.04. The third kappa shape index (κ3) is 2.02. The van der Waals surface area contributed by atoms with Gasteiger partial charge >= 0.3 is 5.97 Å². The fourth-order valence-corrected chi connectivity index (χ4v) is 1.14. The Bertz CT molecular complexity index is 361. The molecule has 0 fully saturated rings. The summed E-state index contributed by atoms with van der Waals surface area (Å²) in [5.74, 6) is 0.108. The lowest BCUT2D eigenvalue weighted by molar-refractivity contribution is 0.0525. The van der Waals surface area contributed by atoms with Crippen molar-refractivity contribution in [1.29, 1.82) is 0 Å². The second kappa shape index (κ2) is 4.09. The number of rotatable bonds is 2. The lowest BCUT2D eigenvalue weighted by atomic mass is 10.1. The van der Waals surface area contributed by atoms with Crippen molar-refractivity contribution in [1.82, 2.24) is 4.98 Å². The second-order valence-corrected chi connectivity index (χ2v) is 3.04. The van der Waals surface area contributed by atoms with Crippen LogP contribution in [0.15, 0.2) is 6.07 Å². The van der Waals surface area contributed by atoms with Gasteiger partial charge in [0.05, 0.1) is 17.9 Å². The van der Waals surface area contributed by atoms with Crippen molar-refractivity contribution < 1.29 is 9.53 Å². The van der Waals surface area contributed by atoms with Gasteiger partial charge in [0.1, 0.15) is 5.82 Å². The highest BCUT2D eigenvalue weighted by Gasteiger charge is 2.12. The third-order valence-electron chi connectivity index (χ3n) is 1.94. The molecule has 0 aromatic carbocycles. The quantitative estimate of drug-likeness (QED) is 0.724. The van der Waals surface area contributed by atoms with Gasteiger partial charge in [0.15, 0.2) is 0 Å². The smallest absolute Gasteiger partial charge is 0.339 e. The maximum atomic E-state index is 11.4. The zero-order chi connectivity index (χ0) is 10.7. The van der Waals surface area contributed by atoms with E-state index in [9.17, 15) is 4.79 Å². The van der Waals surface area contributed by atoms with E-state index in [2.05, 4.69) is 4.98 Å². The Morgan fingerprint density at radius 1 is 1.57 bits per heavy atom. The molecule has 0 radical (unpaired) electrons. The van der Waals surface area contributed by atoms with Crippen LogP contribution >= 0.6 is 0 Å². The summed E-state index contributed by atoms with van der Waals surface area (Å²) in [5, 5.41) is 0. The summed E-state index contributed by atoms with van der Waals surface area (Å²) in [7, 11) is 0. The standard InChI is InChI=1S/C10H14N2O2/c1-4-14-10(13)8-5-6(2)9(11)12-7(8)3/h5H,4H2,1-3H3,(H2,11,12). The van der Waals surface area contributed by atoms with Crippen LogP contribution in [-0.4, -0.2) is 17.6 Å². The maximum Gasteiger partial charge on any atom is 0.339 e. The van der Waals surface area contributed by atoms with Crippen LogP contribution in [0.5, 0.6) is 0 Å². The van der Waals surface area contributed by atoms with Crippen molar-refractivity contribution in [2.75, 3.05) is 12.3 Å². The van der Waals surface area contributed by atoms with Crippen molar-refractivity contribution in [2.45, 2.75) is 20.8 Å². The van der Waals surface area contributed by atoms with Gasteiger partial charge < -0.3 is 10.5 Å². The number of esters is 1. The van der Waals surface area contributed by atoms with Gasteiger partial charge in [-0.05, 0) is 32.4 Å². The Balaban J connectivity index is 3.09. The van der Waals surface area contributed by atoms with Crippen LogP contribution in [0.1, 0.15) is 28.5 Å². The Kier molecular flexibility index (Phi) is 3.06. The minimum Gasteiger partial charge on any atom is -0.462 e. The normalized spacial score (nSPS) is 9.93. The Morgan fingerprint density at radius 3 is 2.79 bits per heavy atom. The van der Waals surface area contributed by atoms with Crippen molar-refractivity contribution >= 4 is 11.8 Å². The number of carbonyl (C=O) groups is 1. The molecule has 0 bridgehead atoms. The number of nitrogen functional groups attached to an aromatic ring is 1. The summed E-state index contributed by atoms with van der Waals surface area (Å²) in [6.45, 7) is 5.68. The average molecular weight is 194 g/mol. The van der Waals surface area contributed by atoms with Crippen LogP contribution < -0.4 is 5.73 Å². The number of aryl methyl sites for hydroxylation is 2. The molecular formula is C10H14N2O2. The minimum atomic E-state index is -0.347. The molecule has 0 amide bonds. The highest BCUT2D eigenvalue weighted by Crippen LogP contribution is 2.14. The molecule has 0 atom stereocenters. The van der Waals surface area contributed by atoms with E-state index in [-0.39, 0.29) is 5.97 Å². The van der Waals surface area contributed by atoms with Crippen molar-refractivity contribution in [3.05, 3.63) is 22.9 Å². The molecule has 0 spiro atoms. The third-order valence-corrected chi connectivity index (χ3v) is 1.94. The first-order chi connectivity index (χ1) is 6.56. The first kappa shape index (κ1) is 10.5. The lowest BCUT2D eigenvalue weighted by Gasteiger charge is -2.07.